The molecule has 0 aliphatic heterocycles. The van der Waals surface area contributed by atoms with Crippen LogP contribution in [0.3, 0.4) is 0 Å². The molecule has 2 amide bonds. The molecule has 2 aliphatic carbocycles. The monoisotopic (exact) mass is 464 g/mol. The Balaban J connectivity index is 1.39. The number of hydrogen-bond donors (Lipinski definition) is 3. The van der Waals surface area contributed by atoms with Gasteiger partial charge >= 0.3 is 12.1 Å². The Bertz CT molecular complexity index is 1050. The lowest BCUT2D eigenvalue weighted by molar-refractivity contribution is -0.153. The number of benzene rings is 2. The average Bonchev–Trinajstić information content (AvgIpc) is 3.08. The van der Waals surface area contributed by atoms with Gasteiger partial charge in [0.1, 0.15) is 12.1 Å². The number of fused-ring (bicyclic) bond motifs is 3. The first-order valence-corrected chi connectivity index (χ1v) is 11.9. The van der Waals surface area contributed by atoms with Crippen LogP contribution in [0.15, 0.2) is 48.5 Å². The van der Waals surface area contributed by atoms with E-state index in [1.807, 2.05) is 38.1 Å². The summed E-state index contributed by atoms with van der Waals surface area (Å²) in [6.45, 7) is 5.70. The summed E-state index contributed by atoms with van der Waals surface area (Å²) < 4.78 is 5.62. The van der Waals surface area contributed by atoms with E-state index >= 15 is 0 Å². The van der Waals surface area contributed by atoms with Gasteiger partial charge in [0.05, 0.1) is 5.92 Å². The van der Waals surface area contributed by atoms with E-state index < -0.39 is 29.6 Å². The molecular weight excluding hydrogens is 432 g/mol. The van der Waals surface area contributed by atoms with Crippen molar-refractivity contribution in [3.8, 4) is 11.1 Å². The highest BCUT2D eigenvalue weighted by Crippen LogP contribution is 2.44. The third kappa shape index (κ3) is 4.39. The van der Waals surface area contributed by atoms with Gasteiger partial charge in [-0.25, -0.2) is 9.59 Å². The molecule has 2 aromatic rings. The zero-order valence-corrected chi connectivity index (χ0v) is 19.8. The van der Waals surface area contributed by atoms with E-state index in [1.165, 1.54) is 0 Å². The van der Waals surface area contributed by atoms with Crippen LogP contribution in [0.2, 0.25) is 0 Å². The number of amides is 2. The second-order valence-electron chi connectivity index (χ2n) is 9.76. The summed E-state index contributed by atoms with van der Waals surface area (Å²) in [5.41, 5.74) is 3.38. The van der Waals surface area contributed by atoms with E-state index in [0.717, 1.165) is 28.7 Å². The second-order valence-corrected chi connectivity index (χ2v) is 9.76. The van der Waals surface area contributed by atoms with Crippen LogP contribution in [0, 0.1) is 11.8 Å². The molecule has 0 saturated heterocycles. The summed E-state index contributed by atoms with van der Waals surface area (Å²) in [6.07, 6.45) is 1.02. The van der Waals surface area contributed by atoms with Gasteiger partial charge in [-0.3, -0.25) is 4.79 Å². The number of ether oxygens (including phenoxy) is 1. The van der Waals surface area contributed by atoms with E-state index in [9.17, 15) is 19.5 Å². The average molecular weight is 465 g/mol. The van der Waals surface area contributed by atoms with Gasteiger partial charge in [0, 0.05) is 12.0 Å². The van der Waals surface area contributed by atoms with Crippen molar-refractivity contribution in [2.45, 2.75) is 57.5 Å². The van der Waals surface area contributed by atoms with Crippen molar-refractivity contribution in [1.82, 2.24) is 10.6 Å². The molecule has 2 aromatic carbocycles. The van der Waals surface area contributed by atoms with Gasteiger partial charge in [-0.05, 0) is 54.4 Å². The van der Waals surface area contributed by atoms with E-state index in [-0.39, 0.29) is 24.3 Å². The molecule has 1 fully saturated rings. The highest BCUT2D eigenvalue weighted by atomic mass is 16.5. The van der Waals surface area contributed by atoms with Gasteiger partial charge in [0.15, 0.2) is 0 Å². The highest BCUT2D eigenvalue weighted by molar-refractivity contribution is 5.89. The summed E-state index contributed by atoms with van der Waals surface area (Å²) >= 11 is 0. The number of carboxylic acids is 1. The van der Waals surface area contributed by atoms with Crippen molar-refractivity contribution in [1.29, 1.82) is 0 Å². The molecule has 2 aliphatic rings. The van der Waals surface area contributed by atoms with Crippen molar-refractivity contribution in [3.05, 3.63) is 59.7 Å². The SMILES string of the molecule is CC(C)C(C(=O)NC1(C(=O)O)CCC1)C(C)NC(=O)OCC1c2ccccc2-c2ccccc21. The van der Waals surface area contributed by atoms with Gasteiger partial charge in [0.2, 0.25) is 5.91 Å². The number of nitrogens with one attached hydrogen (secondary N) is 2. The van der Waals surface area contributed by atoms with E-state index in [1.54, 1.807) is 6.92 Å². The van der Waals surface area contributed by atoms with Crippen LogP contribution in [-0.4, -0.2) is 41.3 Å². The Hall–Kier alpha value is -3.35. The topological polar surface area (TPSA) is 105 Å². The molecule has 4 rings (SSSR count). The zero-order chi connectivity index (χ0) is 24.5. The number of carboxylic acid groups (broad SMARTS) is 1. The summed E-state index contributed by atoms with van der Waals surface area (Å²) in [4.78, 5) is 37.3. The first kappa shape index (κ1) is 23.8. The molecule has 7 heteroatoms. The quantitative estimate of drug-likeness (QED) is 0.540. The summed E-state index contributed by atoms with van der Waals surface area (Å²) in [6, 6.07) is 15.7. The molecule has 1 saturated carbocycles. The van der Waals surface area contributed by atoms with Crippen LogP contribution in [0.5, 0.6) is 0 Å². The van der Waals surface area contributed by atoms with Gasteiger partial charge < -0.3 is 20.5 Å². The third-order valence-corrected chi connectivity index (χ3v) is 7.23. The number of rotatable bonds is 8. The first-order valence-electron chi connectivity index (χ1n) is 11.9. The van der Waals surface area contributed by atoms with Crippen LogP contribution >= 0.6 is 0 Å². The Morgan fingerprint density at radius 1 is 1.00 bits per heavy atom. The fourth-order valence-corrected chi connectivity index (χ4v) is 5.26. The lowest BCUT2D eigenvalue weighted by Gasteiger charge is -2.40. The zero-order valence-electron chi connectivity index (χ0n) is 19.8. The number of carbonyl (C=O) groups excluding carboxylic acids is 2. The molecule has 3 N–H and O–H groups in total. The third-order valence-electron chi connectivity index (χ3n) is 7.23. The number of aliphatic carboxylic acids is 1. The molecule has 2 atom stereocenters. The molecule has 7 nitrogen and oxygen atoms in total. The molecule has 180 valence electrons. The molecular formula is C27H32N2O5. The lowest BCUT2D eigenvalue weighted by Crippen LogP contribution is -2.62. The van der Waals surface area contributed by atoms with Crippen molar-refractivity contribution < 1.29 is 24.2 Å². The van der Waals surface area contributed by atoms with Crippen molar-refractivity contribution in [2.75, 3.05) is 6.61 Å². The molecule has 34 heavy (non-hydrogen) atoms. The summed E-state index contributed by atoms with van der Waals surface area (Å²) in [5, 5.41) is 15.1. The number of carbonyl (C=O) groups is 3. The first-order chi connectivity index (χ1) is 16.2. The van der Waals surface area contributed by atoms with Crippen LogP contribution < -0.4 is 10.6 Å². The predicted octanol–water partition coefficient (Wildman–Crippen LogP) is 4.31. The fraction of sp³-hybridized carbons (Fsp3) is 0.444. The Labute approximate surface area is 199 Å². The minimum atomic E-state index is -1.19. The number of alkyl carbamates (subject to hydrolysis) is 1. The van der Waals surface area contributed by atoms with E-state index in [4.69, 9.17) is 4.74 Å². The molecule has 2 unspecified atom stereocenters. The normalized spacial score (nSPS) is 17.6. The Morgan fingerprint density at radius 3 is 2.03 bits per heavy atom. The van der Waals surface area contributed by atoms with E-state index in [2.05, 4.69) is 34.9 Å². The van der Waals surface area contributed by atoms with Crippen LogP contribution in [0.25, 0.3) is 11.1 Å². The second kappa shape index (κ2) is 9.49. The maximum absolute atomic E-state index is 13.0. The Morgan fingerprint density at radius 2 is 1.56 bits per heavy atom. The molecule has 0 aromatic heterocycles. The Kier molecular flexibility index (Phi) is 6.64. The van der Waals surface area contributed by atoms with Crippen molar-refractivity contribution in [3.63, 3.8) is 0 Å². The fourth-order valence-electron chi connectivity index (χ4n) is 5.26. The summed E-state index contributed by atoms with van der Waals surface area (Å²) in [5.74, 6) is -2.10. The molecule has 0 bridgehead atoms. The van der Waals surface area contributed by atoms with Gasteiger partial charge in [-0.15, -0.1) is 0 Å². The largest absolute Gasteiger partial charge is 0.480 e. The minimum Gasteiger partial charge on any atom is -0.480 e. The van der Waals surface area contributed by atoms with Crippen LogP contribution in [-0.2, 0) is 14.3 Å². The minimum absolute atomic E-state index is 0.0494. The van der Waals surface area contributed by atoms with Crippen LogP contribution in [0.4, 0.5) is 4.79 Å². The van der Waals surface area contributed by atoms with Gasteiger partial charge in [-0.2, -0.15) is 0 Å². The van der Waals surface area contributed by atoms with Gasteiger partial charge in [-0.1, -0.05) is 62.4 Å². The molecule has 0 radical (unpaired) electrons. The number of hydrogen-bond acceptors (Lipinski definition) is 4. The summed E-state index contributed by atoms with van der Waals surface area (Å²) in [7, 11) is 0. The van der Waals surface area contributed by atoms with Gasteiger partial charge in [0.25, 0.3) is 0 Å². The molecule has 0 spiro atoms. The highest BCUT2D eigenvalue weighted by Gasteiger charge is 2.47. The van der Waals surface area contributed by atoms with Crippen molar-refractivity contribution >= 4 is 18.0 Å². The maximum atomic E-state index is 13.0. The maximum Gasteiger partial charge on any atom is 0.407 e. The van der Waals surface area contributed by atoms with Crippen molar-refractivity contribution in [2.24, 2.45) is 11.8 Å². The lowest BCUT2D eigenvalue weighted by atomic mass is 9.75. The standard InChI is InChI=1S/C27H32N2O5/c1-16(2)23(24(30)29-27(25(31)32)13-8-14-27)17(3)28-26(33)34-15-22-20-11-6-4-9-18(20)19-10-5-7-12-21(19)22/h4-7,9-12,16-17,22-23H,8,13-15H2,1-3H3,(H,28,33)(H,29,30)(H,31,32). The van der Waals surface area contributed by atoms with E-state index in [0.29, 0.717) is 12.8 Å². The molecule has 0 heterocycles. The smallest absolute Gasteiger partial charge is 0.407 e. The predicted molar refractivity (Wildman–Crippen MR) is 128 cm³/mol. The van der Waals surface area contributed by atoms with Crippen LogP contribution in [0.1, 0.15) is 57.1 Å².